The Bertz CT molecular complexity index is 922. The Kier molecular flexibility index (Phi) is 35.5. The maximum atomic E-state index is 13.0. The van der Waals surface area contributed by atoms with E-state index in [1.54, 1.807) is 0 Å². The van der Waals surface area contributed by atoms with Gasteiger partial charge in [-0.1, -0.05) is 154 Å². The van der Waals surface area contributed by atoms with Gasteiger partial charge in [0.1, 0.15) is 19.8 Å². The Morgan fingerprint density at radius 1 is 0.566 bits per heavy atom. The Hall–Kier alpha value is -1.25. The quantitative estimate of drug-likeness (QED) is 0.0200. The Labute approximate surface area is 327 Å². The van der Waals surface area contributed by atoms with Crippen LogP contribution in [-0.2, 0) is 37.2 Å². The number of hydrogen-bond acceptors (Lipinski definition) is 8. The molecule has 53 heavy (non-hydrogen) atoms. The zero-order valence-corrected chi connectivity index (χ0v) is 36.4. The van der Waals surface area contributed by atoms with E-state index in [0.717, 1.165) is 57.8 Å². The van der Waals surface area contributed by atoms with E-state index < -0.39 is 13.9 Å². The van der Waals surface area contributed by atoms with Crippen molar-refractivity contribution in [2.24, 2.45) is 0 Å². The van der Waals surface area contributed by atoms with Crippen LogP contribution in [0.4, 0.5) is 0 Å². The molecule has 0 heterocycles. The normalized spacial score (nSPS) is 13.7. The van der Waals surface area contributed by atoms with E-state index in [1.165, 1.54) is 116 Å². The highest BCUT2D eigenvalue weighted by Gasteiger charge is 2.29. The molecule has 0 amide bonds. The second-order valence-corrected chi connectivity index (χ2v) is 17.7. The number of carbonyl (C=O) groups is 2. The molecule has 0 aromatic carbocycles. The van der Waals surface area contributed by atoms with Crippen LogP contribution in [-0.4, -0.2) is 77.1 Å². The standard InChI is InChI=1S/C43H85NO8P/c1-7-9-11-13-15-17-19-21-22-24-26-28-30-32-34-36-43(46)52-41(40-51-53(47,48-6)50-38-37-44(3,4)5)39-49-42(45)35-33-31-29-27-25-23-20-18-16-14-12-10-8-2/h21-22,41H,7-20,23-40H2,1-6H3/q+1/b22-21-/t41-,53?/m1/s1. The molecule has 0 bridgehead atoms. The molecule has 0 spiro atoms. The molecule has 0 saturated carbocycles. The van der Waals surface area contributed by atoms with Crippen molar-refractivity contribution in [2.75, 3.05) is 54.6 Å². The Morgan fingerprint density at radius 2 is 0.981 bits per heavy atom. The van der Waals surface area contributed by atoms with Crippen LogP contribution in [0.15, 0.2) is 12.2 Å². The maximum absolute atomic E-state index is 13.0. The first kappa shape index (κ1) is 51.8. The summed E-state index contributed by atoms with van der Waals surface area (Å²) in [5.74, 6) is -0.720. The van der Waals surface area contributed by atoms with Gasteiger partial charge in [0.15, 0.2) is 6.10 Å². The first-order valence-electron chi connectivity index (χ1n) is 21.8. The van der Waals surface area contributed by atoms with Crippen LogP contribution < -0.4 is 0 Å². The fourth-order valence-electron chi connectivity index (χ4n) is 5.99. The molecule has 314 valence electrons. The van der Waals surface area contributed by atoms with Crippen molar-refractivity contribution in [2.45, 2.75) is 200 Å². The summed E-state index contributed by atoms with van der Waals surface area (Å²) in [4.78, 5) is 25.3. The number of phosphoric acid groups is 1. The van der Waals surface area contributed by atoms with E-state index in [-0.39, 0.29) is 38.2 Å². The monoisotopic (exact) mass is 775 g/mol. The predicted octanol–water partition coefficient (Wildman–Crippen LogP) is 12.5. The zero-order chi connectivity index (χ0) is 39.3. The molecule has 0 saturated heterocycles. The summed E-state index contributed by atoms with van der Waals surface area (Å²) in [6, 6.07) is 0. The molecule has 0 aromatic rings. The largest absolute Gasteiger partial charge is 0.474 e. The molecule has 0 radical (unpaired) electrons. The number of unbranched alkanes of at least 4 members (excludes halogenated alkanes) is 23. The van der Waals surface area contributed by atoms with Crippen molar-refractivity contribution >= 4 is 19.8 Å². The predicted molar refractivity (Wildman–Crippen MR) is 220 cm³/mol. The van der Waals surface area contributed by atoms with E-state index in [4.69, 9.17) is 23.0 Å². The minimum absolute atomic E-state index is 0.169. The summed E-state index contributed by atoms with van der Waals surface area (Å²) in [7, 11) is 3.38. The van der Waals surface area contributed by atoms with Crippen molar-refractivity contribution in [3.8, 4) is 0 Å². The number of quaternary nitrogens is 1. The number of ether oxygens (including phenoxy) is 2. The molecule has 10 heteroatoms. The molecule has 2 atom stereocenters. The number of allylic oxidation sites excluding steroid dienone is 2. The third-order valence-electron chi connectivity index (χ3n) is 9.51. The summed E-state index contributed by atoms with van der Waals surface area (Å²) in [6.07, 6.45) is 35.8. The van der Waals surface area contributed by atoms with Gasteiger partial charge >= 0.3 is 19.8 Å². The van der Waals surface area contributed by atoms with Gasteiger partial charge in [0.2, 0.25) is 0 Å². The van der Waals surface area contributed by atoms with Crippen molar-refractivity contribution in [3.63, 3.8) is 0 Å². The fraction of sp³-hybridized carbons (Fsp3) is 0.907. The van der Waals surface area contributed by atoms with Crippen LogP contribution in [0.3, 0.4) is 0 Å². The highest BCUT2D eigenvalue weighted by Crippen LogP contribution is 2.48. The third-order valence-corrected chi connectivity index (χ3v) is 10.9. The van der Waals surface area contributed by atoms with Crippen molar-refractivity contribution in [1.29, 1.82) is 0 Å². The number of nitrogens with zero attached hydrogens (tertiary/aromatic N) is 1. The minimum Gasteiger partial charge on any atom is -0.462 e. The lowest BCUT2D eigenvalue weighted by atomic mass is 10.0. The van der Waals surface area contributed by atoms with Crippen LogP contribution in [0.1, 0.15) is 194 Å². The maximum Gasteiger partial charge on any atom is 0.474 e. The SMILES string of the molecule is CCCCCCCC/C=C\CCCCCCCC(=O)O[C@H](COC(=O)CCCCCCCCCCCCCCC)COP(=O)(OC)OCC[N+](C)(C)C. The average Bonchev–Trinajstić information content (AvgIpc) is 3.12. The van der Waals surface area contributed by atoms with Gasteiger partial charge in [0.25, 0.3) is 0 Å². The van der Waals surface area contributed by atoms with Gasteiger partial charge in [0, 0.05) is 20.0 Å². The van der Waals surface area contributed by atoms with Crippen molar-refractivity contribution in [3.05, 3.63) is 12.2 Å². The van der Waals surface area contributed by atoms with Crippen molar-refractivity contribution in [1.82, 2.24) is 0 Å². The molecule has 0 aliphatic heterocycles. The van der Waals surface area contributed by atoms with Crippen LogP contribution in [0, 0.1) is 0 Å². The summed E-state index contributed by atoms with van der Waals surface area (Å²) >= 11 is 0. The second-order valence-electron chi connectivity index (χ2n) is 15.9. The smallest absolute Gasteiger partial charge is 0.462 e. The molecule has 0 aliphatic carbocycles. The van der Waals surface area contributed by atoms with Crippen LogP contribution in [0.2, 0.25) is 0 Å². The molecule has 0 fully saturated rings. The number of hydrogen-bond donors (Lipinski definition) is 0. The number of likely N-dealkylation sites (N-methyl/N-ethyl adjacent to an activating group) is 1. The van der Waals surface area contributed by atoms with Gasteiger partial charge in [0.05, 0.1) is 27.7 Å². The van der Waals surface area contributed by atoms with E-state index in [1.807, 2.05) is 21.1 Å². The van der Waals surface area contributed by atoms with Crippen LogP contribution in [0.25, 0.3) is 0 Å². The van der Waals surface area contributed by atoms with Gasteiger partial charge in [-0.3, -0.25) is 23.2 Å². The molecule has 0 rings (SSSR count). The Balaban J connectivity index is 4.48. The summed E-state index contributed by atoms with van der Waals surface area (Å²) in [5, 5.41) is 0. The van der Waals surface area contributed by atoms with Crippen molar-refractivity contribution < 1.29 is 41.7 Å². The zero-order valence-electron chi connectivity index (χ0n) is 35.5. The highest BCUT2D eigenvalue weighted by atomic mass is 31.2. The highest BCUT2D eigenvalue weighted by molar-refractivity contribution is 7.48. The van der Waals surface area contributed by atoms with Crippen LogP contribution in [0.5, 0.6) is 0 Å². The molecule has 0 N–H and O–H groups in total. The first-order chi connectivity index (χ1) is 25.5. The number of rotatable bonds is 40. The fourth-order valence-corrected chi connectivity index (χ4v) is 6.93. The molecule has 0 aliphatic rings. The topological polar surface area (TPSA) is 97.4 Å². The lowest BCUT2D eigenvalue weighted by molar-refractivity contribution is -0.870. The molecule has 0 aromatic heterocycles. The van der Waals surface area contributed by atoms with E-state index in [9.17, 15) is 14.2 Å². The van der Waals surface area contributed by atoms with E-state index >= 15 is 0 Å². The Morgan fingerprint density at radius 3 is 1.42 bits per heavy atom. The molecule has 9 nitrogen and oxygen atoms in total. The molecular weight excluding hydrogens is 689 g/mol. The number of esters is 2. The summed E-state index contributed by atoms with van der Waals surface area (Å²) in [5.41, 5.74) is 0. The summed E-state index contributed by atoms with van der Waals surface area (Å²) in [6.45, 7) is 4.84. The summed E-state index contributed by atoms with van der Waals surface area (Å²) < 4.78 is 40.9. The van der Waals surface area contributed by atoms with Gasteiger partial charge < -0.3 is 14.0 Å². The van der Waals surface area contributed by atoms with Crippen LogP contribution >= 0.6 is 7.82 Å². The van der Waals surface area contributed by atoms with E-state index in [2.05, 4.69) is 26.0 Å². The first-order valence-corrected chi connectivity index (χ1v) is 23.3. The molecule has 1 unspecified atom stereocenters. The van der Waals surface area contributed by atoms with Gasteiger partial charge in [-0.15, -0.1) is 0 Å². The number of phosphoric ester groups is 1. The minimum atomic E-state index is -3.88. The van der Waals surface area contributed by atoms with Gasteiger partial charge in [-0.2, -0.15) is 0 Å². The molecular formula is C43H85NO8P+. The van der Waals surface area contributed by atoms with Gasteiger partial charge in [-0.05, 0) is 38.5 Å². The lowest BCUT2D eigenvalue weighted by Crippen LogP contribution is -2.37. The average molecular weight is 775 g/mol. The van der Waals surface area contributed by atoms with Gasteiger partial charge in [-0.25, -0.2) is 4.57 Å². The van der Waals surface area contributed by atoms with E-state index in [0.29, 0.717) is 17.4 Å². The second kappa shape index (κ2) is 36.4. The third kappa shape index (κ3) is 37.5. The number of carbonyl (C=O) groups excluding carboxylic acids is 2. The lowest BCUT2D eigenvalue weighted by Gasteiger charge is -2.25.